The van der Waals surface area contributed by atoms with Crippen molar-refractivity contribution in [2.24, 2.45) is 0 Å². The number of H-pyrrole nitrogens is 1. The molecule has 0 amide bonds. The zero-order valence-corrected chi connectivity index (χ0v) is 9.36. The summed E-state index contributed by atoms with van der Waals surface area (Å²) in [5.74, 6) is 0. The van der Waals surface area contributed by atoms with Crippen LogP contribution in [0.5, 0.6) is 0 Å². The highest BCUT2D eigenvalue weighted by Gasteiger charge is 2.30. The molecule has 0 spiro atoms. The lowest BCUT2D eigenvalue weighted by atomic mass is 10.2. The third kappa shape index (κ3) is 2.51. The van der Waals surface area contributed by atoms with E-state index in [-0.39, 0.29) is 11.4 Å². The van der Waals surface area contributed by atoms with Crippen LogP contribution in [0.3, 0.4) is 0 Å². The number of aromatic amines is 1. The summed E-state index contributed by atoms with van der Waals surface area (Å²) in [6.07, 6.45) is -3.54. The highest BCUT2D eigenvalue weighted by Crippen LogP contribution is 2.30. The van der Waals surface area contributed by atoms with E-state index in [1.165, 1.54) is 6.07 Å². The van der Waals surface area contributed by atoms with Crippen molar-refractivity contribution in [1.29, 1.82) is 0 Å². The molecule has 0 fully saturated rings. The molecule has 8 heteroatoms. The summed E-state index contributed by atoms with van der Waals surface area (Å²) in [6.45, 7) is 0. The van der Waals surface area contributed by atoms with E-state index in [2.05, 4.69) is 0 Å². The first-order chi connectivity index (χ1) is 8.79. The van der Waals surface area contributed by atoms with Gasteiger partial charge in [-0.2, -0.15) is 13.2 Å². The van der Waals surface area contributed by atoms with Gasteiger partial charge in [0, 0.05) is 6.20 Å². The number of alkyl halides is 3. The van der Waals surface area contributed by atoms with Gasteiger partial charge >= 0.3 is 11.9 Å². The minimum absolute atomic E-state index is 0.0391. The molecule has 2 rings (SSSR count). The number of halogens is 3. The Morgan fingerprint density at radius 2 is 1.89 bits per heavy atom. The molecular formula is C11H8F3N3O2. The van der Waals surface area contributed by atoms with Crippen molar-refractivity contribution in [2.75, 3.05) is 5.73 Å². The van der Waals surface area contributed by atoms with Gasteiger partial charge in [-0.05, 0) is 18.2 Å². The first kappa shape index (κ1) is 12.9. The molecule has 0 bridgehead atoms. The monoisotopic (exact) mass is 271 g/mol. The normalized spacial score (nSPS) is 11.5. The van der Waals surface area contributed by atoms with E-state index < -0.39 is 23.0 Å². The molecule has 0 atom stereocenters. The van der Waals surface area contributed by atoms with Gasteiger partial charge in [-0.3, -0.25) is 14.3 Å². The summed E-state index contributed by atoms with van der Waals surface area (Å²) < 4.78 is 38.5. The Balaban J connectivity index is 2.64. The second kappa shape index (κ2) is 4.30. The van der Waals surface area contributed by atoms with Crippen molar-refractivity contribution in [3.63, 3.8) is 0 Å². The number of nitrogens with zero attached hydrogens (tertiary/aromatic N) is 1. The van der Waals surface area contributed by atoms with E-state index in [0.717, 1.165) is 29.0 Å². The van der Waals surface area contributed by atoms with E-state index in [9.17, 15) is 22.8 Å². The molecule has 0 saturated carbocycles. The van der Waals surface area contributed by atoms with Gasteiger partial charge in [0.05, 0.1) is 11.3 Å². The number of benzene rings is 1. The summed E-state index contributed by atoms with van der Waals surface area (Å²) >= 11 is 0. The van der Waals surface area contributed by atoms with Crippen LogP contribution in [0.25, 0.3) is 5.69 Å². The van der Waals surface area contributed by atoms with Gasteiger partial charge in [-0.1, -0.05) is 6.07 Å². The number of nitrogens with one attached hydrogen (secondary N) is 1. The molecule has 1 aromatic heterocycles. The lowest BCUT2D eigenvalue weighted by Crippen LogP contribution is -2.30. The Morgan fingerprint density at radius 1 is 1.21 bits per heavy atom. The van der Waals surface area contributed by atoms with Gasteiger partial charge in [-0.25, -0.2) is 4.79 Å². The quantitative estimate of drug-likeness (QED) is 0.815. The summed E-state index contributed by atoms with van der Waals surface area (Å²) in [5, 5.41) is 0. The van der Waals surface area contributed by atoms with Crippen molar-refractivity contribution in [1.82, 2.24) is 9.55 Å². The van der Waals surface area contributed by atoms with Crippen molar-refractivity contribution in [3.8, 4) is 5.69 Å². The van der Waals surface area contributed by atoms with E-state index in [1.807, 2.05) is 4.98 Å². The maximum Gasteiger partial charge on any atom is 0.416 e. The SMILES string of the molecule is Nc1cn(-c2cccc(C(F)(F)F)c2)c(=O)[nH]c1=O. The third-order valence-corrected chi connectivity index (χ3v) is 2.42. The molecule has 19 heavy (non-hydrogen) atoms. The zero-order valence-electron chi connectivity index (χ0n) is 9.36. The van der Waals surface area contributed by atoms with Gasteiger partial charge in [-0.15, -0.1) is 0 Å². The van der Waals surface area contributed by atoms with E-state index in [0.29, 0.717) is 0 Å². The summed E-state index contributed by atoms with van der Waals surface area (Å²) in [4.78, 5) is 24.5. The van der Waals surface area contributed by atoms with Crippen LogP contribution in [-0.2, 0) is 6.18 Å². The maximum atomic E-state index is 12.6. The molecule has 0 unspecified atom stereocenters. The highest BCUT2D eigenvalue weighted by molar-refractivity contribution is 5.40. The molecule has 2 aromatic rings. The average molecular weight is 271 g/mol. The predicted octanol–water partition coefficient (Wildman–Crippen LogP) is 1.13. The first-order valence-electron chi connectivity index (χ1n) is 5.08. The van der Waals surface area contributed by atoms with Crippen LogP contribution < -0.4 is 17.0 Å². The maximum absolute atomic E-state index is 12.6. The van der Waals surface area contributed by atoms with Crippen LogP contribution >= 0.6 is 0 Å². The number of rotatable bonds is 1. The van der Waals surface area contributed by atoms with Crippen LogP contribution in [0.2, 0.25) is 0 Å². The van der Waals surface area contributed by atoms with Gasteiger partial charge in [0.25, 0.3) is 5.56 Å². The number of aromatic nitrogens is 2. The minimum atomic E-state index is -4.52. The van der Waals surface area contributed by atoms with Crippen molar-refractivity contribution in [3.05, 3.63) is 56.9 Å². The molecule has 3 N–H and O–H groups in total. The van der Waals surface area contributed by atoms with Crippen molar-refractivity contribution >= 4 is 5.69 Å². The van der Waals surface area contributed by atoms with E-state index >= 15 is 0 Å². The summed E-state index contributed by atoms with van der Waals surface area (Å²) in [5.41, 5.74) is 2.47. The number of anilines is 1. The number of hydrogen-bond donors (Lipinski definition) is 2. The molecule has 0 radical (unpaired) electrons. The summed E-state index contributed by atoms with van der Waals surface area (Å²) in [6, 6.07) is 4.13. The molecule has 0 saturated heterocycles. The fraction of sp³-hybridized carbons (Fsp3) is 0.0909. The molecule has 5 nitrogen and oxygen atoms in total. The van der Waals surface area contributed by atoms with E-state index in [4.69, 9.17) is 5.73 Å². The van der Waals surface area contributed by atoms with Gasteiger partial charge < -0.3 is 5.73 Å². The topological polar surface area (TPSA) is 80.9 Å². The zero-order chi connectivity index (χ0) is 14.2. The first-order valence-corrected chi connectivity index (χ1v) is 5.08. The van der Waals surface area contributed by atoms with Crippen LogP contribution in [0.4, 0.5) is 18.9 Å². The molecule has 1 aromatic carbocycles. The number of hydrogen-bond acceptors (Lipinski definition) is 3. The smallest absolute Gasteiger partial charge is 0.393 e. The number of nitrogen functional groups attached to an aromatic ring is 1. The fourth-order valence-corrected chi connectivity index (χ4v) is 1.51. The van der Waals surface area contributed by atoms with Gasteiger partial charge in [0.1, 0.15) is 5.69 Å². The predicted molar refractivity (Wildman–Crippen MR) is 62.1 cm³/mol. The second-order valence-corrected chi connectivity index (χ2v) is 3.76. The average Bonchev–Trinajstić information content (AvgIpc) is 2.33. The van der Waals surface area contributed by atoms with Crippen molar-refractivity contribution < 1.29 is 13.2 Å². The Kier molecular flexibility index (Phi) is 2.93. The van der Waals surface area contributed by atoms with Crippen molar-refractivity contribution in [2.45, 2.75) is 6.18 Å². The Morgan fingerprint density at radius 3 is 2.53 bits per heavy atom. The standard InChI is InChI=1S/C11H8F3N3O2/c12-11(13,14)6-2-1-3-7(4-6)17-5-8(15)9(18)16-10(17)19/h1-5H,15H2,(H,16,18,19). The van der Waals surface area contributed by atoms with Crippen LogP contribution in [-0.4, -0.2) is 9.55 Å². The molecule has 0 aliphatic rings. The Labute approximate surface area is 104 Å². The molecule has 100 valence electrons. The van der Waals surface area contributed by atoms with Crippen LogP contribution in [0.1, 0.15) is 5.56 Å². The molecule has 0 aliphatic heterocycles. The largest absolute Gasteiger partial charge is 0.416 e. The third-order valence-electron chi connectivity index (χ3n) is 2.42. The van der Waals surface area contributed by atoms with Gasteiger partial charge in [0.15, 0.2) is 0 Å². The molecule has 1 heterocycles. The summed E-state index contributed by atoms with van der Waals surface area (Å²) in [7, 11) is 0. The molecular weight excluding hydrogens is 263 g/mol. The molecule has 0 aliphatic carbocycles. The van der Waals surface area contributed by atoms with Gasteiger partial charge in [0.2, 0.25) is 0 Å². The van der Waals surface area contributed by atoms with E-state index in [1.54, 1.807) is 0 Å². The Hall–Kier alpha value is -2.51. The Bertz CT molecular complexity index is 731. The number of nitrogens with two attached hydrogens (primary N) is 1. The lowest BCUT2D eigenvalue weighted by molar-refractivity contribution is -0.137. The van der Waals surface area contributed by atoms with Crippen LogP contribution in [0, 0.1) is 0 Å². The minimum Gasteiger partial charge on any atom is -0.393 e. The van der Waals surface area contributed by atoms with Crippen LogP contribution in [0.15, 0.2) is 40.1 Å². The fourth-order valence-electron chi connectivity index (χ4n) is 1.51. The highest BCUT2D eigenvalue weighted by atomic mass is 19.4. The second-order valence-electron chi connectivity index (χ2n) is 3.76. The lowest BCUT2D eigenvalue weighted by Gasteiger charge is -2.10.